The lowest BCUT2D eigenvalue weighted by atomic mass is 9.89. The number of esters is 1. The second kappa shape index (κ2) is 6.67. The maximum Gasteiger partial charge on any atom is 0.304 e. The molecule has 1 rings (SSSR count). The Morgan fingerprint density at radius 3 is 2.67 bits per heavy atom. The minimum Gasteiger partial charge on any atom is -0.790 e. The Balaban J connectivity index is 2.91. The second-order valence-electron chi connectivity index (χ2n) is 4.53. The highest BCUT2D eigenvalue weighted by atomic mass is 127. The van der Waals surface area contributed by atoms with Crippen molar-refractivity contribution in [1.82, 2.24) is 0 Å². The molecule has 5 heteroatoms. The number of hydrogen-bond donors (Lipinski definition) is 0. The monoisotopic (exact) mass is 476 g/mol. The lowest BCUT2D eigenvalue weighted by molar-refractivity contribution is -0.589. The third kappa shape index (κ3) is 3.26. The summed E-state index contributed by atoms with van der Waals surface area (Å²) in [6.07, 6.45) is 7.40. The number of ether oxygens (including phenoxy) is 1. The highest BCUT2D eigenvalue weighted by Crippen LogP contribution is 2.33. The van der Waals surface area contributed by atoms with E-state index in [2.05, 4.69) is 64.3 Å². The summed E-state index contributed by atoms with van der Waals surface area (Å²) in [5.74, 6) is 0.0155. The fraction of sp³-hybridized carbons (Fsp3) is 0.692. The first kappa shape index (κ1) is 16.4. The van der Waals surface area contributed by atoms with Crippen LogP contribution < -0.4 is 45.2 Å². The predicted octanol–water partition coefficient (Wildman–Crippen LogP) is -4.15. The molecule has 0 saturated heterocycles. The molecule has 18 heavy (non-hydrogen) atoms. The number of carbonyl (C=O) groups excluding carboxylic acids is 2. The van der Waals surface area contributed by atoms with E-state index in [1.165, 1.54) is 7.11 Å². The molecule has 0 heterocycles. The van der Waals surface area contributed by atoms with Crippen LogP contribution in [-0.4, -0.2) is 25.7 Å². The maximum absolute atomic E-state index is 12.2. The molecule has 0 amide bonds. The molecule has 1 aliphatic carbocycles. The zero-order chi connectivity index (χ0) is 13.8. The average Bonchev–Trinajstić information content (AvgIpc) is 2.55. The van der Waals surface area contributed by atoms with Crippen molar-refractivity contribution >= 4 is 11.8 Å². The number of methoxy groups -OCH3 is 1. The second-order valence-corrected chi connectivity index (χ2v) is 8.43. The molecule has 0 N–H and O–H groups in total. The van der Waals surface area contributed by atoms with Gasteiger partial charge in [0.05, 0.1) is 7.11 Å². The van der Waals surface area contributed by atoms with Gasteiger partial charge in [0.1, 0.15) is 5.78 Å². The van der Waals surface area contributed by atoms with Gasteiger partial charge >= 0.3 is 5.97 Å². The molecule has 0 unspecified atom stereocenters. The molecule has 0 aromatic carbocycles. The number of ketones is 1. The van der Waals surface area contributed by atoms with Crippen LogP contribution in [0.1, 0.15) is 39.0 Å². The van der Waals surface area contributed by atoms with Crippen LogP contribution in [-0.2, 0) is 14.3 Å². The van der Waals surface area contributed by atoms with E-state index < -0.39 is 3.42 Å². The molecule has 0 aliphatic heterocycles. The Morgan fingerprint density at radius 1 is 1.44 bits per heavy atom. The lowest BCUT2D eigenvalue weighted by Crippen LogP contribution is -3.56. The minimum absolute atomic E-state index is 0.236. The molecule has 104 valence electrons. The van der Waals surface area contributed by atoms with Gasteiger partial charge in [-0.2, -0.15) is 0 Å². The van der Waals surface area contributed by atoms with Crippen LogP contribution >= 0.6 is 0 Å². The molecule has 3 nitrogen and oxygen atoms in total. The fourth-order valence-corrected chi connectivity index (χ4v) is 4.28. The van der Waals surface area contributed by atoms with Crippen molar-refractivity contribution in [3.05, 3.63) is 12.2 Å². The van der Waals surface area contributed by atoms with Crippen LogP contribution in [0.2, 0.25) is 0 Å². The standard InChI is InChI=1S/C13H18I2O3/c1-3-4-5-7-13(15)10(16)6-8-12(13,14)9-11(17)18-2/h4-5H,3,6-9H2,1-2H3/q-2/b5-4-/t12-,13-/m1/s1. The van der Waals surface area contributed by atoms with Gasteiger partial charge in [0, 0.05) is 12.8 Å². The molecule has 1 fully saturated rings. The molecule has 2 radical (unpaired) electrons. The maximum atomic E-state index is 12.2. The summed E-state index contributed by atoms with van der Waals surface area (Å²) in [5, 5.41) is 0. The topological polar surface area (TPSA) is 43.4 Å². The summed E-state index contributed by atoms with van der Waals surface area (Å²) in [5.41, 5.74) is 0. The third-order valence-electron chi connectivity index (χ3n) is 3.35. The van der Waals surface area contributed by atoms with Gasteiger partial charge in [0.2, 0.25) is 0 Å². The number of Topliss-reactive ketones (excluding diaryl/α,β-unsaturated/α-hetero) is 1. The Kier molecular flexibility index (Phi) is 6.08. The number of alkyl halides is 2. The van der Waals surface area contributed by atoms with E-state index >= 15 is 0 Å². The normalized spacial score (nSPS) is 32.1. The quantitative estimate of drug-likeness (QED) is 0.175. The molecular weight excluding hydrogens is 458 g/mol. The molecule has 0 spiro atoms. The highest BCUT2D eigenvalue weighted by Gasteiger charge is 2.42. The summed E-state index contributed by atoms with van der Waals surface area (Å²) in [6, 6.07) is 0. The number of hydrogen-bond acceptors (Lipinski definition) is 3. The zero-order valence-corrected chi connectivity index (χ0v) is 15.0. The van der Waals surface area contributed by atoms with Crippen molar-refractivity contribution < 1.29 is 59.5 Å². The molecular formula is C13H18I2O3-2. The zero-order valence-electron chi connectivity index (χ0n) is 10.7. The molecule has 1 aliphatic rings. The number of rotatable bonds is 5. The molecule has 2 atom stereocenters. The van der Waals surface area contributed by atoms with Crippen LogP contribution in [0.4, 0.5) is 0 Å². The van der Waals surface area contributed by atoms with Gasteiger partial charge in [-0.1, -0.05) is 25.5 Å². The van der Waals surface area contributed by atoms with Crippen molar-refractivity contribution in [1.29, 1.82) is 0 Å². The van der Waals surface area contributed by atoms with Crippen molar-refractivity contribution in [2.45, 2.75) is 45.9 Å². The highest BCUT2D eigenvalue weighted by molar-refractivity contribution is 5.92. The van der Waals surface area contributed by atoms with Crippen molar-refractivity contribution in [2.24, 2.45) is 0 Å². The molecule has 0 bridgehead atoms. The van der Waals surface area contributed by atoms with Gasteiger partial charge in [-0.15, -0.1) is 6.84 Å². The molecule has 0 aromatic rings. The summed E-state index contributed by atoms with van der Waals surface area (Å²) in [7, 11) is 1.39. The van der Waals surface area contributed by atoms with Crippen LogP contribution in [0.15, 0.2) is 12.2 Å². The first-order valence-corrected chi connectivity index (χ1v) is 8.18. The first-order chi connectivity index (χ1) is 8.39. The van der Waals surface area contributed by atoms with E-state index in [-0.39, 0.29) is 15.2 Å². The number of halogens is 2. The third-order valence-corrected chi connectivity index (χ3v) is 8.30. The van der Waals surface area contributed by atoms with Crippen LogP contribution in [0, 0.1) is 0 Å². The van der Waals surface area contributed by atoms with E-state index in [1.807, 2.05) is 0 Å². The largest absolute Gasteiger partial charge is 0.790 e. The summed E-state index contributed by atoms with van der Waals surface area (Å²) < 4.78 is 3.95. The number of carbonyl (C=O) groups is 2. The van der Waals surface area contributed by atoms with E-state index in [0.717, 1.165) is 12.8 Å². The van der Waals surface area contributed by atoms with Gasteiger partial charge < -0.3 is 54.7 Å². The number of allylic oxidation sites excluding steroid dienone is 2. The van der Waals surface area contributed by atoms with Gasteiger partial charge in [-0.3, -0.25) is 4.79 Å². The average molecular weight is 476 g/mol. The van der Waals surface area contributed by atoms with E-state index in [4.69, 9.17) is 4.74 Å². The summed E-state index contributed by atoms with van der Waals surface area (Å²) >= 11 is 4.53. The van der Waals surface area contributed by atoms with Crippen LogP contribution in [0.25, 0.3) is 0 Å². The van der Waals surface area contributed by atoms with Gasteiger partial charge in [-0.25, -0.2) is 0 Å². The Morgan fingerprint density at radius 2 is 2.11 bits per heavy atom. The molecule has 0 aromatic heterocycles. The van der Waals surface area contributed by atoms with Crippen molar-refractivity contribution in [3.63, 3.8) is 0 Å². The summed E-state index contributed by atoms with van der Waals surface area (Å²) in [6.45, 7) is 2.07. The smallest absolute Gasteiger partial charge is 0.304 e. The SMILES string of the molecule is CC/C=C\C[C@@]1([I-])C(=O)CC[C@@]1([I-])CC(=O)OC. The van der Waals surface area contributed by atoms with E-state index in [0.29, 0.717) is 19.3 Å². The van der Waals surface area contributed by atoms with Crippen LogP contribution in [0.5, 0.6) is 0 Å². The van der Waals surface area contributed by atoms with E-state index in [1.54, 1.807) is 0 Å². The minimum atomic E-state index is -0.481. The Hall–Kier alpha value is 0.340. The Bertz CT molecular complexity index is 367. The molecule has 1 saturated carbocycles. The van der Waals surface area contributed by atoms with Gasteiger partial charge in [0.25, 0.3) is 0 Å². The predicted molar refractivity (Wildman–Crippen MR) is 60.4 cm³/mol. The Labute approximate surface area is 135 Å². The van der Waals surface area contributed by atoms with E-state index in [9.17, 15) is 9.59 Å². The summed E-state index contributed by atoms with van der Waals surface area (Å²) in [4.78, 5) is 23.7. The lowest BCUT2D eigenvalue weighted by Gasteiger charge is -2.57. The van der Waals surface area contributed by atoms with Crippen molar-refractivity contribution in [2.75, 3.05) is 7.11 Å². The first-order valence-electron chi connectivity index (χ1n) is 6.02. The van der Waals surface area contributed by atoms with Gasteiger partial charge in [0.15, 0.2) is 0 Å². The fourth-order valence-electron chi connectivity index (χ4n) is 2.20. The van der Waals surface area contributed by atoms with Crippen LogP contribution in [0.3, 0.4) is 0 Å². The van der Waals surface area contributed by atoms with Crippen molar-refractivity contribution in [3.8, 4) is 0 Å². The van der Waals surface area contributed by atoms with Gasteiger partial charge in [-0.05, 0) is 12.8 Å².